The van der Waals surface area contributed by atoms with Crippen molar-refractivity contribution >= 4 is 11.6 Å². The second-order valence-electron chi connectivity index (χ2n) is 7.44. The number of hydrogen-bond donors (Lipinski definition) is 2. The molecule has 0 spiro atoms. The van der Waals surface area contributed by atoms with Crippen LogP contribution < -0.4 is 11.1 Å². The summed E-state index contributed by atoms with van der Waals surface area (Å²) in [5.74, 6) is 3.58. The smallest absolute Gasteiger partial charge is 0.224 e. The fourth-order valence-electron chi connectivity index (χ4n) is 5.22. The van der Waals surface area contributed by atoms with E-state index in [-0.39, 0.29) is 5.91 Å². The Morgan fingerprint density at radius 2 is 1.57 bits per heavy atom. The van der Waals surface area contributed by atoms with Gasteiger partial charge in [0.2, 0.25) is 5.91 Å². The molecule has 4 aliphatic carbocycles. The first kappa shape index (κ1) is 13.2. The van der Waals surface area contributed by atoms with Crippen molar-refractivity contribution in [2.45, 2.75) is 44.6 Å². The largest absolute Gasteiger partial charge is 0.399 e. The van der Waals surface area contributed by atoms with Gasteiger partial charge in [-0.05, 0) is 73.5 Å². The van der Waals surface area contributed by atoms with Crippen LogP contribution in [0, 0.1) is 23.7 Å². The summed E-state index contributed by atoms with van der Waals surface area (Å²) in [4.78, 5) is 12.3. The van der Waals surface area contributed by atoms with Gasteiger partial charge in [0.1, 0.15) is 0 Å². The molecule has 4 bridgehead atoms. The molecule has 1 aromatic rings. The monoisotopic (exact) mass is 284 g/mol. The molecule has 5 rings (SSSR count). The highest BCUT2D eigenvalue weighted by Gasteiger charge is 2.48. The van der Waals surface area contributed by atoms with Crippen LogP contribution >= 0.6 is 0 Å². The number of hydrogen-bond acceptors (Lipinski definition) is 2. The molecule has 0 aliphatic heterocycles. The van der Waals surface area contributed by atoms with Crippen LogP contribution in [-0.4, -0.2) is 11.9 Å². The van der Waals surface area contributed by atoms with Gasteiger partial charge in [-0.25, -0.2) is 0 Å². The maximum atomic E-state index is 12.3. The van der Waals surface area contributed by atoms with Gasteiger partial charge in [-0.1, -0.05) is 12.1 Å². The fraction of sp³-hybridized carbons (Fsp3) is 0.611. The second kappa shape index (κ2) is 5.04. The summed E-state index contributed by atoms with van der Waals surface area (Å²) in [7, 11) is 0. The van der Waals surface area contributed by atoms with Crippen LogP contribution in [0.4, 0.5) is 5.69 Å². The minimum absolute atomic E-state index is 0.178. The summed E-state index contributed by atoms with van der Waals surface area (Å²) in [6.45, 7) is 0. The number of anilines is 1. The topological polar surface area (TPSA) is 55.1 Å². The van der Waals surface area contributed by atoms with E-state index in [1.165, 1.54) is 32.1 Å². The van der Waals surface area contributed by atoms with E-state index in [9.17, 15) is 4.79 Å². The molecule has 0 aromatic heterocycles. The number of nitrogens with two attached hydrogens (primary N) is 1. The molecule has 0 atom stereocenters. The van der Waals surface area contributed by atoms with E-state index >= 15 is 0 Å². The molecular weight excluding hydrogens is 260 g/mol. The SMILES string of the molecule is Nc1ccc(CC(=O)NC2C3CC4CC(C3)CC2C4)cc1. The lowest BCUT2D eigenvalue weighted by molar-refractivity contribution is -0.124. The minimum atomic E-state index is 0.178. The van der Waals surface area contributed by atoms with E-state index in [0.29, 0.717) is 12.5 Å². The van der Waals surface area contributed by atoms with Crippen molar-refractivity contribution in [2.75, 3.05) is 5.73 Å². The van der Waals surface area contributed by atoms with Crippen LogP contribution in [0.3, 0.4) is 0 Å². The molecule has 21 heavy (non-hydrogen) atoms. The Bertz CT molecular complexity index is 509. The fourth-order valence-corrected chi connectivity index (χ4v) is 5.22. The molecule has 0 heterocycles. The zero-order valence-electron chi connectivity index (χ0n) is 12.4. The number of nitrogen functional groups attached to an aromatic ring is 1. The molecular formula is C18H24N2O. The molecule has 0 unspecified atom stereocenters. The molecule has 112 valence electrons. The van der Waals surface area contributed by atoms with Crippen molar-refractivity contribution in [3.63, 3.8) is 0 Å². The zero-order chi connectivity index (χ0) is 14.4. The lowest BCUT2D eigenvalue weighted by atomic mass is 9.54. The lowest BCUT2D eigenvalue weighted by Gasteiger charge is -2.54. The highest BCUT2D eigenvalue weighted by molar-refractivity contribution is 5.79. The molecule has 0 radical (unpaired) electrons. The van der Waals surface area contributed by atoms with Gasteiger partial charge in [0.25, 0.3) is 0 Å². The Hall–Kier alpha value is -1.51. The van der Waals surface area contributed by atoms with Gasteiger partial charge in [-0.2, -0.15) is 0 Å². The number of benzene rings is 1. The van der Waals surface area contributed by atoms with E-state index in [4.69, 9.17) is 5.73 Å². The van der Waals surface area contributed by atoms with Crippen LogP contribution in [-0.2, 0) is 11.2 Å². The molecule has 3 N–H and O–H groups in total. The number of amides is 1. The van der Waals surface area contributed by atoms with Crippen molar-refractivity contribution < 1.29 is 4.79 Å². The number of carbonyl (C=O) groups is 1. The first-order valence-electron chi connectivity index (χ1n) is 8.31. The van der Waals surface area contributed by atoms with Crippen molar-refractivity contribution in [1.82, 2.24) is 5.32 Å². The van der Waals surface area contributed by atoms with E-state index in [0.717, 1.165) is 34.9 Å². The highest BCUT2D eigenvalue weighted by atomic mass is 16.1. The summed E-state index contributed by atoms with van der Waals surface area (Å²) in [5.41, 5.74) is 7.48. The molecule has 3 nitrogen and oxygen atoms in total. The number of rotatable bonds is 3. The van der Waals surface area contributed by atoms with E-state index in [1.807, 2.05) is 24.3 Å². The summed E-state index contributed by atoms with van der Waals surface area (Å²) < 4.78 is 0. The first-order valence-corrected chi connectivity index (χ1v) is 8.31. The molecule has 1 amide bonds. The van der Waals surface area contributed by atoms with Crippen LogP contribution in [0.1, 0.15) is 37.7 Å². The van der Waals surface area contributed by atoms with Crippen molar-refractivity contribution in [3.8, 4) is 0 Å². The van der Waals surface area contributed by atoms with Gasteiger partial charge in [-0.3, -0.25) is 4.79 Å². The highest BCUT2D eigenvalue weighted by Crippen LogP contribution is 2.53. The van der Waals surface area contributed by atoms with E-state index in [1.54, 1.807) is 0 Å². The standard InChI is InChI=1S/C18H24N2O/c19-16-3-1-11(2-4-16)10-17(21)20-18-14-6-12-5-13(8-14)9-15(18)7-12/h1-4,12-15,18H,5-10,19H2,(H,20,21). The Labute approximate surface area is 126 Å². The third-order valence-corrected chi connectivity index (χ3v) is 5.90. The maximum absolute atomic E-state index is 12.3. The minimum Gasteiger partial charge on any atom is -0.399 e. The average molecular weight is 284 g/mol. The van der Waals surface area contributed by atoms with Gasteiger partial charge >= 0.3 is 0 Å². The number of carbonyl (C=O) groups excluding carboxylic acids is 1. The third kappa shape index (κ3) is 2.54. The summed E-state index contributed by atoms with van der Waals surface area (Å²) in [5, 5.41) is 3.35. The Morgan fingerprint density at radius 3 is 2.14 bits per heavy atom. The van der Waals surface area contributed by atoms with Gasteiger partial charge in [0, 0.05) is 11.7 Å². The quantitative estimate of drug-likeness (QED) is 0.839. The summed E-state index contributed by atoms with van der Waals surface area (Å²) >= 11 is 0. The zero-order valence-corrected chi connectivity index (χ0v) is 12.4. The molecule has 3 heteroatoms. The third-order valence-electron chi connectivity index (χ3n) is 5.90. The van der Waals surface area contributed by atoms with Crippen LogP contribution in [0.15, 0.2) is 24.3 Å². The Morgan fingerprint density at radius 1 is 1.00 bits per heavy atom. The van der Waals surface area contributed by atoms with E-state index < -0.39 is 0 Å². The summed E-state index contributed by atoms with van der Waals surface area (Å²) in [6.07, 6.45) is 7.32. The second-order valence-corrected chi connectivity index (χ2v) is 7.44. The van der Waals surface area contributed by atoms with Crippen LogP contribution in [0.5, 0.6) is 0 Å². The Kier molecular flexibility index (Phi) is 3.16. The normalized spacial score (nSPS) is 36.7. The lowest BCUT2D eigenvalue weighted by Crippen LogP contribution is -2.56. The van der Waals surface area contributed by atoms with Gasteiger partial charge in [0.15, 0.2) is 0 Å². The van der Waals surface area contributed by atoms with Gasteiger partial charge < -0.3 is 11.1 Å². The van der Waals surface area contributed by atoms with Crippen LogP contribution in [0.25, 0.3) is 0 Å². The van der Waals surface area contributed by atoms with Crippen molar-refractivity contribution in [2.24, 2.45) is 23.7 Å². The molecule has 4 aliphatic rings. The number of nitrogens with one attached hydrogen (secondary N) is 1. The first-order chi connectivity index (χ1) is 10.2. The average Bonchev–Trinajstić information content (AvgIpc) is 2.45. The van der Waals surface area contributed by atoms with Gasteiger partial charge in [-0.15, -0.1) is 0 Å². The molecule has 4 saturated carbocycles. The Balaban J connectivity index is 1.39. The molecule has 0 saturated heterocycles. The van der Waals surface area contributed by atoms with Crippen LogP contribution in [0.2, 0.25) is 0 Å². The summed E-state index contributed by atoms with van der Waals surface area (Å²) in [6, 6.07) is 8.08. The molecule has 1 aromatic carbocycles. The predicted octanol–water partition coefficient (Wildman–Crippen LogP) is 2.75. The van der Waals surface area contributed by atoms with Crippen molar-refractivity contribution in [3.05, 3.63) is 29.8 Å². The van der Waals surface area contributed by atoms with Gasteiger partial charge in [0.05, 0.1) is 6.42 Å². The van der Waals surface area contributed by atoms with Crippen molar-refractivity contribution in [1.29, 1.82) is 0 Å². The molecule has 4 fully saturated rings. The van der Waals surface area contributed by atoms with E-state index in [2.05, 4.69) is 5.32 Å². The maximum Gasteiger partial charge on any atom is 0.224 e. The predicted molar refractivity (Wildman–Crippen MR) is 83.5 cm³/mol.